The Morgan fingerprint density at radius 1 is 1.13 bits per heavy atom. The van der Waals surface area contributed by atoms with Gasteiger partial charge in [-0.15, -0.1) is 0 Å². The van der Waals surface area contributed by atoms with Crippen LogP contribution in [-0.2, 0) is 33.4 Å². The Labute approximate surface area is 181 Å². The summed E-state index contributed by atoms with van der Waals surface area (Å²) in [6, 6.07) is 0. The van der Waals surface area contributed by atoms with E-state index in [-0.39, 0.29) is 17.1 Å². The largest absolute Gasteiger partial charge is 0.462 e. The molecule has 8 nitrogen and oxygen atoms in total. The number of fused-ring (bicyclic) bond motifs is 1. The molecule has 0 spiro atoms. The molecule has 170 valence electrons. The number of rotatable bonds is 4. The van der Waals surface area contributed by atoms with E-state index in [1.807, 2.05) is 6.92 Å². The Morgan fingerprint density at radius 3 is 2.23 bits per heavy atom. The van der Waals surface area contributed by atoms with Crippen molar-refractivity contribution in [3.8, 4) is 0 Å². The molecule has 2 aliphatic rings. The third-order valence-corrected chi connectivity index (χ3v) is 5.73. The van der Waals surface area contributed by atoms with Crippen LogP contribution in [0.3, 0.4) is 0 Å². The highest BCUT2D eigenvalue weighted by atomic mass is 16.6. The fraction of sp³-hybridized carbons (Fsp3) is 0.565. The highest BCUT2D eigenvalue weighted by molar-refractivity contribution is 5.98. The van der Waals surface area contributed by atoms with Gasteiger partial charge in [0.05, 0.1) is 11.8 Å². The first-order valence-electron chi connectivity index (χ1n) is 10.2. The molecule has 0 radical (unpaired) electrons. The van der Waals surface area contributed by atoms with Gasteiger partial charge in [0.1, 0.15) is 12.2 Å². The SMILES string of the molecule is C=C(C)C(=O)O[C@H]1[C@H]2[C@H](C)C(=O)O[C@@H]2C[C@@H](C)/C=C\C(=O)[C@](C)(O)[C@@H]1OC(=O)C(=C)C. The van der Waals surface area contributed by atoms with Gasteiger partial charge in [-0.3, -0.25) is 9.59 Å². The number of hydrogen-bond donors (Lipinski definition) is 1. The van der Waals surface area contributed by atoms with Crippen LogP contribution >= 0.6 is 0 Å². The molecule has 0 aromatic carbocycles. The topological polar surface area (TPSA) is 116 Å². The molecule has 31 heavy (non-hydrogen) atoms. The summed E-state index contributed by atoms with van der Waals surface area (Å²) in [6.45, 7) is 14.5. The molecule has 8 heteroatoms. The maximum Gasteiger partial charge on any atom is 0.333 e. The minimum Gasteiger partial charge on any atom is -0.462 e. The molecule has 1 N–H and O–H groups in total. The van der Waals surface area contributed by atoms with Crippen molar-refractivity contribution in [2.24, 2.45) is 17.8 Å². The van der Waals surface area contributed by atoms with Gasteiger partial charge in [-0.1, -0.05) is 33.1 Å². The van der Waals surface area contributed by atoms with Gasteiger partial charge in [0.25, 0.3) is 0 Å². The van der Waals surface area contributed by atoms with Crippen LogP contribution in [0.5, 0.6) is 0 Å². The standard InChI is InChI=1S/C23H30O8/c1-11(2)20(25)30-18-17-14(6)22(27)29-15(17)10-13(5)8-9-16(24)23(7,28)19(18)31-21(26)12(3)4/h8-9,13-15,17-19,28H,1,3,10H2,2,4-7H3/b9-8-/t13-,14-,15+,17-,18-,19+,23-/m0/s1. The second kappa shape index (κ2) is 9.18. The fourth-order valence-corrected chi connectivity index (χ4v) is 3.81. The van der Waals surface area contributed by atoms with E-state index in [0.29, 0.717) is 6.42 Å². The average Bonchev–Trinajstić information content (AvgIpc) is 2.94. The minimum atomic E-state index is -2.26. The van der Waals surface area contributed by atoms with E-state index in [2.05, 4.69) is 13.2 Å². The monoisotopic (exact) mass is 434 g/mol. The smallest absolute Gasteiger partial charge is 0.333 e. The first kappa shape index (κ1) is 24.5. The number of carbonyl (C=O) groups is 4. The zero-order valence-electron chi connectivity index (χ0n) is 18.5. The number of esters is 3. The van der Waals surface area contributed by atoms with Crippen LogP contribution in [0.1, 0.15) is 41.0 Å². The second-order valence-electron chi connectivity index (χ2n) is 8.68. The van der Waals surface area contributed by atoms with Crippen LogP contribution in [0, 0.1) is 17.8 Å². The van der Waals surface area contributed by atoms with E-state index in [0.717, 1.165) is 0 Å². The van der Waals surface area contributed by atoms with Gasteiger partial charge in [0, 0.05) is 11.1 Å². The van der Waals surface area contributed by atoms with Crippen molar-refractivity contribution < 1.29 is 38.5 Å². The molecule has 1 fully saturated rings. The Kier molecular flexibility index (Phi) is 7.26. The number of hydrogen-bond acceptors (Lipinski definition) is 8. The van der Waals surface area contributed by atoms with Gasteiger partial charge in [-0.05, 0) is 39.2 Å². The van der Waals surface area contributed by atoms with Crippen molar-refractivity contribution in [1.29, 1.82) is 0 Å². The molecular formula is C23H30O8. The van der Waals surface area contributed by atoms with E-state index in [1.165, 1.54) is 26.8 Å². The predicted molar refractivity (Wildman–Crippen MR) is 110 cm³/mol. The van der Waals surface area contributed by atoms with Gasteiger partial charge < -0.3 is 19.3 Å². The third kappa shape index (κ3) is 5.12. The third-order valence-electron chi connectivity index (χ3n) is 5.73. The van der Waals surface area contributed by atoms with Gasteiger partial charge >= 0.3 is 17.9 Å². The summed E-state index contributed by atoms with van der Waals surface area (Å²) in [6.07, 6.45) is -0.492. The molecule has 7 atom stereocenters. The molecule has 0 amide bonds. The zero-order chi connectivity index (χ0) is 23.7. The first-order valence-corrected chi connectivity index (χ1v) is 10.2. The van der Waals surface area contributed by atoms with E-state index in [4.69, 9.17) is 14.2 Å². The highest BCUT2D eigenvalue weighted by Gasteiger charge is 2.57. The fourth-order valence-electron chi connectivity index (χ4n) is 3.81. The van der Waals surface area contributed by atoms with E-state index in [9.17, 15) is 24.3 Å². The van der Waals surface area contributed by atoms with Crippen molar-refractivity contribution >= 4 is 23.7 Å². The van der Waals surface area contributed by atoms with Gasteiger partial charge in [0.2, 0.25) is 0 Å². The lowest BCUT2D eigenvalue weighted by atomic mass is 9.75. The van der Waals surface area contributed by atoms with E-state index >= 15 is 0 Å². The molecule has 0 aromatic rings. The molecular weight excluding hydrogens is 404 g/mol. The van der Waals surface area contributed by atoms with Crippen LogP contribution in [0.25, 0.3) is 0 Å². The summed E-state index contributed by atoms with van der Waals surface area (Å²) >= 11 is 0. The molecule has 0 unspecified atom stereocenters. The average molecular weight is 434 g/mol. The normalized spacial score (nSPS) is 36.6. The molecule has 0 bridgehead atoms. The Balaban J connectivity index is 2.69. The molecule has 1 saturated heterocycles. The summed E-state index contributed by atoms with van der Waals surface area (Å²) in [5.41, 5.74) is -2.16. The number of ketones is 1. The summed E-state index contributed by atoms with van der Waals surface area (Å²) in [5, 5.41) is 11.2. The number of aliphatic hydroxyl groups is 1. The molecule has 1 aliphatic heterocycles. The summed E-state index contributed by atoms with van der Waals surface area (Å²) in [7, 11) is 0. The van der Waals surface area contributed by atoms with Gasteiger partial charge in [-0.25, -0.2) is 9.59 Å². The Bertz CT molecular complexity index is 837. The van der Waals surface area contributed by atoms with Crippen LogP contribution in [0.2, 0.25) is 0 Å². The van der Waals surface area contributed by atoms with Crippen molar-refractivity contribution in [3.05, 3.63) is 36.5 Å². The maximum absolute atomic E-state index is 12.9. The Hall–Kier alpha value is -2.74. The van der Waals surface area contributed by atoms with Crippen LogP contribution < -0.4 is 0 Å². The predicted octanol–water partition coefficient (Wildman–Crippen LogP) is 2.06. The number of ether oxygens (including phenoxy) is 3. The minimum absolute atomic E-state index is 0.0258. The molecule has 0 saturated carbocycles. The van der Waals surface area contributed by atoms with E-state index in [1.54, 1.807) is 13.0 Å². The Morgan fingerprint density at radius 2 is 1.68 bits per heavy atom. The van der Waals surface area contributed by atoms with Crippen molar-refractivity contribution in [3.63, 3.8) is 0 Å². The quantitative estimate of drug-likeness (QED) is 0.406. The number of allylic oxidation sites excluding steroid dienone is 1. The highest BCUT2D eigenvalue weighted by Crippen LogP contribution is 2.40. The van der Waals surface area contributed by atoms with Gasteiger partial charge in [0.15, 0.2) is 17.5 Å². The van der Waals surface area contributed by atoms with Crippen molar-refractivity contribution in [1.82, 2.24) is 0 Å². The zero-order valence-corrected chi connectivity index (χ0v) is 18.5. The summed E-state index contributed by atoms with van der Waals surface area (Å²) in [4.78, 5) is 50.1. The van der Waals surface area contributed by atoms with E-state index < -0.39 is 59.4 Å². The molecule has 1 heterocycles. The summed E-state index contributed by atoms with van der Waals surface area (Å²) < 4.78 is 16.6. The molecule has 2 rings (SSSR count). The maximum atomic E-state index is 12.9. The lowest BCUT2D eigenvalue weighted by Crippen LogP contribution is -2.59. The summed E-state index contributed by atoms with van der Waals surface area (Å²) in [5.74, 6) is -4.59. The van der Waals surface area contributed by atoms with Gasteiger partial charge in [-0.2, -0.15) is 0 Å². The van der Waals surface area contributed by atoms with Crippen LogP contribution in [0.15, 0.2) is 36.5 Å². The van der Waals surface area contributed by atoms with Crippen molar-refractivity contribution in [2.45, 2.75) is 65.0 Å². The molecule has 0 aromatic heterocycles. The first-order chi connectivity index (χ1) is 14.3. The molecule has 1 aliphatic carbocycles. The van der Waals surface area contributed by atoms with Crippen LogP contribution in [0.4, 0.5) is 0 Å². The number of carbonyl (C=O) groups excluding carboxylic acids is 4. The van der Waals surface area contributed by atoms with Crippen LogP contribution in [-0.4, -0.2) is 52.7 Å². The lowest BCUT2D eigenvalue weighted by molar-refractivity contribution is -0.196. The van der Waals surface area contributed by atoms with Crippen molar-refractivity contribution in [2.75, 3.05) is 0 Å². The lowest BCUT2D eigenvalue weighted by Gasteiger charge is -2.40. The second-order valence-corrected chi connectivity index (χ2v) is 8.68.